The third-order valence-corrected chi connectivity index (χ3v) is 5.35. The molecular formula is C18H18ClN3O2S. The van der Waals surface area contributed by atoms with E-state index >= 15 is 0 Å². The zero-order chi connectivity index (χ0) is 18.0. The molecule has 25 heavy (non-hydrogen) atoms. The molecule has 5 nitrogen and oxygen atoms in total. The summed E-state index contributed by atoms with van der Waals surface area (Å²) in [4.78, 5) is 24.1. The van der Waals surface area contributed by atoms with Crippen LogP contribution in [-0.2, 0) is 24.6 Å². The molecular weight excluding hydrogens is 358 g/mol. The van der Waals surface area contributed by atoms with Crippen LogP contribution >= 0.6 is 23.4 Å². The number of carbonyl (C=O) groups excluding carboxylic acids is 1. The highest BCUT2D eigenvalue weighted by molar-refractivity contribution is 7.99. The Morgan fingerprint density at radius 1 is 1.12 bits per heavy atom. The van der Waals surface area contributed by atoms with Crippen LogP contribution in [0.5, 0.6) is 0 Å². The zero-order valence-corrected chi connectivity index (χ0v) is 15.5. The number of nitrogens with zero attached hydrogens (tertiary/aromatic N) is 2. The van der Waals surface area contributed by atoms with Gasteiger partial charge in [0.15, 0.2) is 0 Å². The zero-order valence-electron chi connectivity index (χ0n) is 14.0. The van der Waals surface area contributed by atoms with Gasteiger partial charge in [-0.2, -0.15) is 0 Å². The second-order valence-electron chi connectivity index (χ2n) is 5.74. The van der Waals surface area contributed by atoms with E-state index in [4.69, 9.17) is 11.6 Å². The minimum absolute atomic E-state index is 0.0858. The number of aryl methyl sites for hydroxylation is 2. The number of hydrogen-bond acceptors (Lipinski definition) is 3. The second kappa shape index (κ2) is 7.37. The van der Waals surface area contributed by atoms with Crippen molar-refractivity contribution in [2.24, 2.45) is 14.1 Å². The van der Waals surface area contributed by atoms with Gasteiger partial charge < -0.3 is 5.32 Å². The van der Waals surface area contributed by atoms with E-state index in [0.717, 1.165) is 16.6 Å². The fourth-order valence-electron chi connectivity index (χ4n) is 2.65. The van der Waals surface area contributed by atoms with Gasteiger partial charge in [-0.3, -0.25) is 13.9 Å². The standard InChI is InChI=1S/C18H18ClN3O2S/c1-21-15-8-7-13(9-16(15)22(2)18(21)24)20-17(23)11-25-10-12-5-3-4-6-14(12)19/h3-9H,10-11H2,1-2H3,(H,20,23). The molecule has 0 bridgehead atoms. The van der Waals surface area contributed by atoms with Crippen molar-refractivity contribution in [3.63, 3.8) is 0 Å². The maximum atomic E-state index is 12.1. The highest BCUT2D eigenvalue weighted by Gasteiger charge is 2.10. The van der Waals surface area contributed by atoms with E-state index in [1.807, 2.05) is 36.4 Å². The Hall–Kier alpha value is -2.18. The quantitative estimate of drug-likeness (QED) is 0.743. The summed E-state index contributed by atoms with van der Waals surface area (Å²) in [6, 6.07) is 13.1. The van der Waals surface area contributed by atoms with Gasteiger partial charge in [-0.05, 0) is 29.8 Å². The summed E-state index contributed by atoms with van der Waals surface area (Å²) in [5.41, 5.74) is 3.22. The molecule has 0 aliphatic heterocycles. The second-order valence-corrected chi connectivity index (χ2v) is 7.13. The van der Waals surface area contributed by atoms with Crippen LogP contribution in [0.4, 0.5) is 5.69 Å². The average Bonchev–Trinajstić information content (AvgIpc) is 2.81. The molecule has 0 atom stereocenters. The van der Waals surface area contributed by atoms with Crippen LogP contribution in [0.1, 0.15) is 5.56 Å². The fraction of sp³-hybridized carbons (Fsp3) is 0.222. The summed E-state index contributed by atoms with van der Waals surface area (Å²) in [6.07, 6.45) is 0. The summed E-state index contributed by atoms with van der Waals surface area (Å²) >= 11 is 7.62. The van der Waals surface area contributed by atoms with Crippen molar-refractivity contribution in [2.45, 2.75) is 5.75 Å². The first kappa shape index (κ1) is 17.6. The van der Waals surface area contributed by atoms with Gasteiger partial charge in [0.2, 0.25) is 5.91 Å². The molecule has 0 unspecified atom stereocenters. The first-order chi connectivity index (χ1) is 12.0. The molecule has 0 spiro atoms. The van der Waals surface area contributed by atoms with Gasteiger partial charge in [-0.1, -0.05) is 29.8 Å². The fourth-order valence-corrected chi connectivity index (χ4v) is 3.76. The number of hydrogen-bond donors (Lipinski definition) is 1. The maximum Gasteiger partial charge on any atom is 0.328 e. The van der Waals surface area contributed by atoms with Crippen molar-refractivity contribution in [2.75, 3.05) is 11.1 Å². The molecule has 1 aromatic heterocycles. The lowest BCUT2D eigenvalue weighted by Crippen LogP contribution is -2.19. The van der Waals surface area contributed by atoms with Crippen LogP contribution in [0.15, 0.2) is 47.3 Å². The number of thioether (sulfide) groups is 1. The average molecular weight is 376 g/mol. The molecule has 3 rings (SSSR count). The van der Waals surface area contributed by atoms with Crippen molar-refractivity contribution in [1.82, 2.24) is 9.13 Å². The third kappa shape index (κ3) is 3.75. The molecule has 1 heterocycles. The van der Waals surface area contributed by atoms with Crippen LogP contribution in [0, 0.1) is 0 Å². The van der Waals surface area contributed by atoms with E-state index in [1.54, 1.807) is 29.3 Å². The van der Waals surface area contributed by atoms with Crippen molar-refractivity contribution >= 4 is 46.0 Å². The van der Waals surface area contributed by atoms with E-state index < -0.39 is 0 Å². The van der Waals surface area contributed by atoms with Gasteiger partial charge in [0.1, 0.15) is 0 Å². The third-order valence-electron chi connectivity index (χ3n) is 4.00. The van der Waals surface area contributed by atoms with Gasteiger partial charge in [0, 0.05) is 30.6 Å². The molecule has 0 saturated carbocycles. The van der Waals surface area contributed by atoms with Gasteiger partial charge in [0.05, 0.1) is 16.8 Å². The first-order valence-electron chi connectivity index (χ1n) is 7.74. The molecule has 0 radical (unpaired) electrons. The molecule has 0 aliphatic rings. The molecule has 1 N–H and O–H groups in total. The molecule has 2 aromatic carbocycles. The molecule has 0 saturated heterocycles. The molecule has 0 fully saturated rings. The Morgan fingerprint density at radius 2 is 1.84 bits per heavy atom. The number of amides is 1. The maximum absolute atomic E-state index is 12.1. The van der Waals surface area contributed by atoms with Crippen LogP contribution in [0.25, 0.3) is 11.0 Å². The first-order valence-corrected chi connectivity index (χ1v) is 9.27. The Bertz CT molecular complexity index is 994. The monoisotopic (exact) mass is 375 g/mol. The van der Waals surface area contributed by atoms with Gasteiger partial charge >= 0.3 is 5.69 Å². The topological polar surface area (TPSA) is 56.0 Å². The minimum atomic E-state index is -0.0891. The number of imidazole rings is 1. The molecule has 130 valence electrons. The Labute approximate surface area is 154 Å². The SMILES string of the molecule is Cn1c(=O)n(C)c2cc(NC(=O)CSCc3ccccc3Cl)ccc21. The highest BCUT2D eigenvalue weighted by atomic mass is 35.5. The minimum Gasteiger partial charge on any atom is -0.325 e. The van der Waals surface area contributed by atoms with Crippen LogP contribution < -0.4 is 11.0 Å². The molecule has 3 aromatic rings. The highest BCUT2D eigenvalue weighted by Crippen LogP contribution is 2.21. The van der Waals surface area contributed by atoms with Crippen LogP contribution in [0.2, 0.25) is 5.02 Å². The Morgan fingerprint density at radius 3 is 2.60 bits per heavy atom. The number of fused-ring (bicyclic) bond motifs is 1. The van der Waals surface area contributed by atoms with Crippen molar-refractivity contribution in [3.05, 3.63) is 63.5 Å². The molecule has 7 heteroatoms. The van der Waals surface area contributed by atoms with Gasteiger partial charge in [-0.25, -0.2) is 4.79 Å². The Balaban J connectivity index is 1.63. The smallest absolute Gasteiger partial charge is 0.325 e. The lowest BCUT2D eigenvalue weighted by molar-refractivity contribution is -0.113. The van der Waals surface area contributed by atoms with E-state index in [-0.39, 0.29) is 11.6 Å². The van der Waals surface area contributed by atoms with Crippen LogP contribution in [0.3, 0.4) is 0 Å². The summed E-state index contributed by atoms with van der Waals surface area (Å²) in [5.74, 6) is 0.924. The summed E-state index contributed by atoms with van der Waals surface area (Å²) < 4.78 is 3.15. The van der Waals surface area contributed by atoms with Crippen molar-refractivity contribution in [1.29, 1.82) is 0 Å². The molecule has 0 aliphatic carbocycles. The lowest BCUT2D eigenvalue weighted by atomic mass is 10.2. The number of benzene rings is 2. The molecule has 1 amide bonds. The number of halogens is 1. The van der Waals surface area contributed by atoms with E-state index in [1.165, 1.54) is 11.8 Å². The Kier molecular flexibility index (Phi) is 5.20. The predicted octanol–water partition coefficient (Wildman–Crippen LogP) is 3.40. The van der Waals surface area contributed by atoms with E-state index in [9.17, 15) is 9.59 Å². The largest absolute Gasteiger partial charge is 0.328 e. The van der Waals surface area contributed by atoms with Gasteiger partial charge in [0.25, 0.3) is 0 Å². The van der Waals surface area contributed by atoms with Gasteiger partial charge in [-0.15, -0.1) is 11.8 Å². The number of anilines is 1. The normalized spacial score (nSPS) is 11.0. The van der Waals surface area contributed by atoms with E-state index in [0.29, 0.717) is 22.2 Å². The number of carbonyl (C=O) groups is 1. The summed E-state index contributed by atoms with van der Waals surface area (Å²) in [5, 5.41) is 3.59. The lowest BCUT2D eigenvalue weighted by Gasteiger charge is -2.07. The van der Waals surface area contributed by atoms with Crippen LogP contribution in [-0.4, -0.2) is 20.8 Å². The predicted molar refractivity (Wildman–Crippen MR) is 104 cm³/mol. The number of aromatic nitrogens is 2. The number of rotatable bonds is 5. The van der Waals surface area contributed by atoms with Crippen molar-refractivity contribution in [3.8, 4) is 0 Å². The summed E-state index contributed by atoms with van der Waals surface area (Å²) in [6.45, 7) is 0. The summed E-state index contributed by atoms with van der Waals surface area (Å²) in [7, 11) is 3.45. The van der Waals surface area contributed by atoms with E-state index in [2.05, 4.69) is 5.32 Å². The van der Waals surface area contributed by atoms with Crippen molar-refractivity contribution < 1.29 is 4.79 Å². The number of nitrogens with one attached hydrogen (secondary N) is 1.